The Morgan fingerprint density at radius 3 is 2.38 bits per heavy atom. The molecule has 1 heterocycles. The van der Waals surface area contributed by atoms with Crippen molar-refractivity contribution in [2.75, 3.05) is 20.2 Å². The number of hydrogen-bond acceptors (Lipinski definition) is 8. The molecule has 0 spiro atoms. The Labute approximate surface area is 196 Å². The highest BCUT2D eigenvalue weighted by molar-refractivity contribution is 6.11. The summed E-state index contributed by atoms with van der Waals surface area (Å²) in [5.41, 5.74) is 1.82. The molecule has 5 N–H and O–H groups in total. The number of Topliss-reactive ketones (excluding diaryl/α,β-unsaturated/α-hetero) is 1. The third-order valence-corrected chi connectivity index (χ3v) is 5.38. The van der Waals surface area contributed by atoms with E-state index in [0.29, 0.717) is 13.1 Å². The molecule has 186 valence electrons. The number of hydrogen-bond donors (Lipinski definition) is 4. The minimum absolute atomic E-state index is 0.0721. The maximum atomic E-state index is 13.0. The van der Waals surface area contributed by atoms with E-state index in [-0.39, 0.29) is 30.7 Å². The second kappa shape index (κ2) is 11.7. The lowest BCUT2D eigenvalue weighted by atomic mass is 9.89. The van der Waals surface area contributed by atoms with Gasteiger partial charge in [0.05, 0.1) is 0 Å². The van der Waals surface area contributed by atoms with E-state index in [4.69, 9.17) is 19.9 Å². The van der Waals surface area contributed by atoms with Crippen LogP contribution in [0, 0.1) is 0 Å². The van der Waals surface area contributed by atoms with Crippen LogP contribution in [0.2, 0.25) is 0 Å². The zero-order valence-corrected chi connectivity index (χ0v) is 19.3. The van der Waals surface area contributed by atoms with Crippen LogP contribution < -0.4 is 16.4 Å². The molecule has 1 aliphatic heterocycles. The Morgan fingerprint density at radius 1 is 1.24 bits per heavy atom. The number of methoxy groups -OCH3 is 1. The van der Waals surface area contributed by atoms with Gasteiger partial charge in [0.25, 0.3) is 5.91 Å². The molecule has 0 aliphatic carbocycles. The van der Waals surface area contributed by atoms with E-state index in [1.165, 1.54) is 33.1 Å². The van der Waals surface area contributed by atoms with Crippen molar-refractivity contribution in [2.45, 2.75) is 50.7 Å². The zero-order valence-electron chi connectivity index (χ0n) is 19.3. The highest BCUT2D eigenvalue weighted by Gasteiger charge is 2.55. The number of nitrogens with zero attached hydrogens (tertiary/aromatic N) is 1. The van der Waals surface area contributed by atoms with Crippen LogP contribution in [0.5, 0.6) is 0 Å². The number of aliphatic imine (C=N–C) groups is 1. The Balaban J connectivity index is 2.50. The highest BCUT2D eigenvalue weighted by Crippen LogP contribution is 2.31. The molecule has 0 saturated carbocycles. The molecule has 2 rings (SSSR count). The fraction of sp³-hybridized carbons (Fsp3) is 0.500. The fourth-order valence-corrected chi connectivity index (χ4v) is 3.39. The Morgan fingerprint density at radius 2 is 1.85 bits per heavy atom. The molecule has 1 fully saturated rings. The molecule has 34 heavy (non-hydrogen) atoms. The van der Waals surface area contributed by atoms with Crippen molar-refractivity contribution in [2.24, 2.45) is 10.7 Å². The molecule has 0 radical (unpaired) electrons. The van der Waals surface area contributed by atoms with Crippen LogP contribution in [-0.2, 0) is 23.8 Å². The second-order valence-electron chi connectivity index (χ2n) is 7.61. The monoisotopic (exact) mass is 478 g/mol. The summed E-state index contributed by atoms with van der Waals surface area (Å²) in [6, 6.07) is 7.78. The van der Waals surface area contributed by atoms with Crippen LogP contribution in [0.1, 0.15) is 43.5 Å². The van der Waals surface area contributed by atoms with Crippen molar-refractivity contribution < 1.29 is 38.5 Å². The quantitative estimate of drug-likeness (QED) is 0.163. The first-order valence-electron chi connectivity index (χ1n) is 10.7. The standard InChI is InChI=1S/C22H30N4O8/c1-4-16(27)22(19(29)30,26-17(28)15-8-6-5-7-9-15)34-21(10-12-24-13-11-21)18(23)25-20(31)33-14(2)32-3/h5-9,14,24H,4,10-13H2,1-3H3,(H,26,28)(H,29,30)(H2,23,25,31). The van der Waals surface area contributed by atoms with Gasteiger partial charge in [0.15, 0.2) is 5.78 Å². The number of ketones is 1. The van der Waals surface area contributed by atoms with E-state index in [9.17, 15) is 24.3 Å². The fourth-order valence-electron chi connectivity index (χ4n) is 3.39. The van der Waals surface area contributed by atoms with E-state index in [0.717, 1.165) is 0 Å². The molecule has 2 unspecified atom stereocenters. The third-order valence-electron chi connectivity index (χ3n) is 5.38. The molecule has 0 bridgehead atoms. The van der Waals surface area contributed by atoms with Gasteiger partial charge in [-0.15, -0.1) is 0 Å². The number of amidine groups is 1. The predicted molar refractivity (Wildman–Crippen MR) is 120 cm³/mol. The van der Waals surface area contributed by atoms with Crippen LogP contribution in [0.25, 0.3) is 0 Å². The van der Waals surface area contributed by atoms with E-state index in [1.54, 1.807) is 18.2 Å². The van der Waals surface area contributed by atoms with Crippen LogP contribution in [0.3, 0.4) is 0 Å². The summed E-state index contributed by atoms with van der Waals surface area (Å²) in [7, 11) is 1.33. The number of carbonyl (C=O) groups excluding carboxylic acids is 3. The number of carboxylic acid groups (broad SMARTS) is 1. The van der Waals surface area contributed by atoms with Gasteiger partial charge in [-0.25, -0.2) is 9.59 Å². The lowest BCUT2D eigenvalue weighted by Crippen LogP contribution is -2.68. The van der Waals surface area contributed by atoms with Crippen LogP contribution in [0.15, 0.2) is 35.3 Å². The van der Waals surface area contributed by atoms with Gasteiger partial charge in [0.1, 0.15) is 11.4 Å². The van der Waals surface area contributed by atoms with Crippen molar-refractivity contribution >= 4 is 29.6 Å². The van der Waals surface area contributed by atoms with Gasteiger partial charge in [-0.05, 0) is 45.0 Å². The number of amides is 2. The van der Waals surface area contributed by atoms with Crippen molar-refractivity contribution in [3.05, 3.63) is 35.9 Å². The number of rotatable bonds is 10. The molecule has 12 nitrogen and oxygen atoms in total. The first-order valence-corrected chi connectivity index (χ1v) is 10.7. The lowest BCUT2D eigenvalue weighted by molar-refractivity contribution is -0.193. The number of piperidine rings is 1. The summed E-state index contributed by atoms with van der Waals surface area (Å²) in [6.45, 7) is 3.55. The average Bonchev–Trinajstić information content (AvgIpc) is 2.83. The van der Waals surface area contributed by atoms with Gasteiger partial charge < -0.3 is 35.7 Å². The summed E-state index contributed by atoms with van der Waals surface area (Å²) in [6.07, 6.45) is -2.10. The van der Waals surface area contributed by atoms with E-state index < -0.39 is 41.4 Å². The normalized spacial score (nSPS) is 18.3. The number of carboxylic acids is 1. The summed E-state index contributed by atoms with van der Waals surface area (Å²) < 4.78 is 15.7. The van der Waals surface area contributed by atoms with Gasteiger partial charge in [-0.1, -0.05) is 25.1 Å². The van der Waals surface area contributed by atoms with Crippen molar-refractivity contribution in [1.29, 1.82) is 0 Å². The second-order valence-corrected chi connectivity index (χ2v) is 7.61. The van der Waals surface area contributed by atoms with Gasteiger partial charge in [-0.2, -0.15) is 4.99 Å². The average molecular weight is 479 g/mol. The zero-order chi connectivity index (χ0) is 25.4. The maximum absolute atomic E-state index is 13.0. The molecule has 1 aromatic rings. The number of nitrogens with two attached hydrogens (primary N) is 1. The molecular formula is C22H30N4O8. The van der Waals surface area contributed by atoms with Gasteiger partial charge in [0, 0.05) is 19.1 Å². The van der Waals surface area contributed by atoms with E-state index in [2.05, 4.69) is 15.6 Å². The summed E-state index contributed by atoms with van der Waals surface area (Å²) in [5, 5.41) is 15.4. The van der Waals surface area contributed by atoms with Crippen molar-refractivity contribution in [1.82, 2.24) is 10.6 Å². The number of nitrogens with one attached hydrogen (secondary N) is 2. The number of carbonyl (C=O) groups is 4. The highest BCUT2D eigenvalue weighted by atomic mass is 16.7. The summed E-state index contributed by atoms with van der Waals surface area (Å²) >= 11 is 0. The van der Waals surface area contributed by atoms with Crippen molar-refractivity contribution in [3.63, 3.8) is 0 Å². The largest absolute Gasteiger partial charge is 0.477 e. The Bertz CT molecular complexity index is 930. The summed E-state index contributed by atoms with van der Waals surface area (Å²) in [4.78, 5) is 54.2. The molecule has 2 amide bonds. The van der Waals surface area contributed by atoms with E-state index >= 15 is 0 Å². The van der Waals surface area contributed by atoms with Crippen LogP contribution >= 0.6 is 0 Å². The van der Waals surface area contributed by atoms with E-state index in [1.807, 2.05) is 0 Å². The van der Waals surface area contributed by atoms with Gasteiger partial charge >= 0.3 is 17.8 Å². The lowest BCUT2D eigenvalue weighted by Gasteiger charge is -2.42. The minimum Gasteiger partial charge on any atom is -0.477 e. The predicted octanol–water partition coefficient (Wildman–Crippen LogP) is 0.801. The minimum atomic E-state index is -2.77. The number of benzene rings is 1. The first kappa shape index (κ1) is 26.9. The van der Waals surface area contributed by atoms with Crippen molar-refractivity contribution in [3.8, 4) is 0 Å². The first-order chi connectivity index (χ1) is 16.1. The Kier molecular flexibility index (Phi) is 9.24. The van der Waals surface area contributed by atoms with Gasteiger partial charge in [-0.3, -0.25) is 9.59 Å². The molecular weight excluding hydrogens is 448 g/mol. The maximum Gasteiger partial charge on any atom is 0.437 e. The van der Waals surface area contributed by atoms with Crippen LogP contribution in [-0.4, -0.2) is 72.5 Å². The van der Waals surface area contributed by atoms with Crippen LogP contribution in [0.4, 0.5) is 4.79 Å². The molecule has 12 heteroatoms. The molecule has 0 aromatic heterocycles. The SMILES string of the molecule is CCC(=O)C(NC(=O)c1ccccc1)(OC1(C(N)=NC(=O)OC(C)OC)CCNCC1)C(=O)O. The molecule has 1 aliphatic rings. The topological polar surface area (TPSA) is 179 Å². The Hall–Kier alpha value is -3.35. The molecule has 1 saturated heterocycles. The number of aliphatic carboxylic acids is 1. The third kappa shape index (κ3) is 6.16. The number of ether oxygens (including phenoxy) is 3. The van der Waals surface area contributed by atoms with Gasteiger partial charge in [0.2, 0.25) is 6.29 Å². The molecule has 1 aromatic carbocycles. The molecule has 2 atom stereocenters. The smallest absolute Gasteiger partial charge is 0.437 e. The summed E-state index contributed by atoms with van der Waals surface area (Å²) in [5.74, 6) is -3.86.